The van der Waals surface area contributed by atoms with Crippen molar-refractivity contribution in [2.45, 2.75) is 155 Å². The molecule has 2 aliphatic heterocycles. The van der Waals surface area contributed by atoms with E-state index in [0.29, 0.717) is 62.9 Å². The zero-order chi connectivity index (χ0) is 79.5. The molecular weight excluding hydrogens is 1360 g/mol. The summed E-state index contributed by atoms with van der Waals surface area (Å²) < 4.78 is 56.9. The largest absolute Gasteiger partial charge is 0.504 e. The number of hydrogen-bond acceptors (Lipinski definition) is 17. The van der Waals surface area contributed by atoms with Crippen LogP contribution in [0.15, 0.2) is 145 Å². The maximum Gasteiger partial charge on any atom is 0.226 e. The van der Waals surface area contributed by atoms with Gasteiger partial charge in [-0.05, 0) is 173 Å². The molecule has 0 aromatic heterocycles. The predicted molar refractivity (Wildman–Crippen MR) is 414 cm³/mol. The Kier molecular flexibility index (Phi) is 28.2. The number of aryl methyl sites for hydroxylation is 1. The molecule has 5 aliphatic rings. The molecule has 2 saturated heterocycles. The molecule has 0 amide bonds. The lowest BCUT2D eigenvalue weighted by Crippen LogP contribution is -2.50. The Morgan fingerprint density at radius 1 is 0.458 bits per heavy atom. The van der Waals surface area contributed by atoms with Gasteiger partial charge < -0.3 is 66.9 Å². The summed E-state index contributed by atoms with van der Waals surface area (Å²) >= 11 is 0. The van der Waals surface area contributed by atoms with Crippen molar-refractivity contribution in [3.63, 3.8) is 0 Å². The molecule has 3 atom stereocenters. The van der Waals surface area contributed by atoms with Gasteiger partial charge in [0.2, 0.25) is 28.7 Å². The number of aromatic hydroxyl groups is 1. The van der Waals surface area contributed by atoms with E-state index in [1.807, 2.05) is 118 Å². The quantitative estimate of drug-likeness (QED) is 0.0499. The van der Waals surface area contributed by atoms with Crippen molar-refractivity contribution in [2.24, 2.45) is 48.7 Å². The number of phenolic OH excluding ortho intramolecular Hbond substituents is 1. The van der Waals surface area contributed by atoms with E-state index < -0.39 is 66.1 Å². The predicted octanol–water partition coefficient (Wildman–Crippen LogP) is 17.1. The molecule has 3 aromatic carbocycles. The first-order chi connectivity index (χ1) is 49.3. The van der Waals surface area contributed by atoms with Gasteiger partial charge in [-0.3, -0.25) is 14.4 Å². The third kappa shape index (κ3) is 19.3. The van der Waals surface area contributed by atoms with Crippen molar-refractivity contribution in [2.75, 3.05) is 69.1 Å². The summed E-state index contributed by atoms with van der Waals surface area (Å²) in [6, 6.07) is 16.3. The summed E-state index contributed by atoms with van der Waals surface area (Å²) in [5.74, 6) is -2.66. The lowest BCUT2D eigenvalue weighted by Gasteiger charge is -2.41. The smallest absolute Gasteiger partial charge is 0.226 e. The van der Waals surface area contributed by atoms with Crippen molar-refractivity contribution < 1.29 is 81.2 Å². The van der Waals surface area contributed by atoms with E-state index in [1.165, 1.54) is 45.6 Å². The number of phenols is 1. The zero-order valence-corrected chi connectivity index (χ0v) is 65.6. The minimum Gasteiger partial charge on any atom is -0.504 e. The number of benzene rings is 3. The first-order valence-electron chi connectivity index (χ1n) is 35.0. The minimum absolute atomic E-state index is 0. The molecule has 574 valence electrons. The summed E-state index contributed by atoms with van der Waals surface area (Å²) in [6.07, 6.45) is 27.0. The standard InChI is InChI=1S/C29H35NO6.C29H37NO5.C28H33NO6.CH4/c1-26(2)19-28(5,18-21(30-6)25(26)32)13-12-24(31)27(3,4)29(35-15-16-36-29)14-11-20-9-10-22(33-7)23(17-20)34-8;1-20-11-12-21(17-23(20)33-8)13-16-29(34-9,35-10)27(4,5)24(31)14-15-28(6)18-22(30-7)25(32)26(2,3)19-28;1-25(2)18-27(5,17-20(29-6)24(25)32)12-11-23(31)26(3,4)28(34-14-15-35-28)13-10-19-8-9-21(30)22(16-19)33-7;/h9-14,17-18H,15-16,19H2,1-5,7-8H3;11-18H,19H2,1-6,8-10H3;8-13,16-17,30H,14-15,18H2,1-5,7H3;1H4/b13-12+,14-11+;15-14+,16-13+;12-11+,13-10+;/t2*28-;27-;/m000./s1. The van der Waals surface area contributed by atoms with Crippen molar-refractivity contribution in [3.05, 3.63) is 201 Å². The van der Waals surface area contributed by atoms with Crippen molar-refractivity contribution in [1.82, 2.24) is 0 Å². The first kappa shape index (κ1) is 88.2. The van der Waals surface area contributed by atoms with E-state index in [2.05, 4.69) is 14.5 Å². The van der Waals surface area contributed by atoms with Gasteiger partial charge in [0, 0.05) is 30.5 Å². The molecule has 1 N–H and O–H groups in total. The first-order valence-corrected chi connectivity index (χ1v) is 35.0. The van der Waals surface area contributed by atoms with Crippen LogP contribution < -0.4 is 18.9 Å². The van der Waals surface area contributed by atoms with E-state index in [4.69, 9.17) is 67.1 Å². The number of Topliss-reactive ketones (excluding diaryl/α,β-unsaturated/α-hetero) is 3. The molecule has 2 heterocycles. The van der Waals surface area contributed by atoms with E-state index in [-0.39, 0.29) is 65.0 Å². The van der Waals surface area contributed by atoms with E-state index in [0.717, 1.165) is 28.0 Å². The average molecular weight is 1470 g/mol. The molecule has 0 radical (unpaired) electrons. The van der Waals surface area contributed by atoms with E-state index in [1.54, 1.807) is 136 Å². The number of nitrogens with zero attached hydrogens (tertiary/aromatic N) is 3. The number of methoxy groups -OCH3 is 6. The Bertz CT molecular complexity index is 4110. The summed E-state index contributed by atoms with van der Waals surface area (Å²) in [5, 5.41) is 9.84. The van der Waals surface area contributed by atoms with Gasteiger partial charge in [-0.25, -0.2) is 14.5 Å². The topological polar surface area (TPSA) is 228 Å². The normalized spacial score (nSPS) is 22.5. The third-order valence-electron chi connectivity index (χ3n) is 20.6. The Morgan fingerprint density at radius 2 is 0.785 bits per heavy atom. The second kappa shape index (κ2) is 34.2. The van der Waals surface area contributed by atoms with Gasteiger partial charge in [-0.1, -0.05) is 149 Å². The fraction of sp³-hybridized carbons (Fsp3) is 0.483. The van der Waals surface area contributed by atoms with Crippen LogP contribution in [0, 0.1) is 75.4 Å². The molecule has 0 bridgehead atoms. The molecule has 0 unspecified atom stereocenters. The maximum atomic E-state index is 13.5. The molecule has 2 fully saturated rings. The van der Waals surface area contributed by atoms with Crippen LogP contribution >= 0.6 is 0 Å². The Morgan fingerprint density at radius 3 is 1.14 bits per heavy atom. The monoisotopic (exact) mass is 1470 g/mol. The van der Waals surface area contributed by atoms with Gasteiger partial charge >= 0.3 is 0 Å². The summed E-state index contributed by atoms with van der Waals surface area (Å²) in [7, 11) is 9.26. The third-order valence-corrected chi connectivity index (χ3v) is 20.6. The molecule has 20 nitrogen and oxygen atoms in total. The van der Waals surface area contributed by atoms with Crippen LogP contribution in [0.5, 0.6) is 28.7 Å². The number of ketones is 6. The van der Waals surface area contributed by atoms with Crippen LogP contribution in [0.25, 0.3) is 32.8 Å². The highest BCUT2D eigenvalue weighted by Gasteiger charge is 2.55. The van der Waals surface area contributed by atoms with Crippen LogP contribution in [-0.2, 0) is 57.2 Å². The number of carbonyl (C=O) groups is 6. The van der Waals surface area contributed by atoms with E-state index >= 15 is 0 Å². The van der Waals surface area contributed by atoms with Crippen molar-refractivity contribution in [1.29, 1.82) is 0 Å². The van der Waals surface area contributed by atoms with Crippen LogP contribution in [-0.4, -0.2) is 126 Å². The molecule has 8 rings (SSSR count). The lowest BCUT2D eigenvalue weighted by atomic mass is 9.66. The molecule has 3 aliphatic carbocycles. The van der Waals surface area contributed by atoms with E-state index in [9.17, 15) is 33.9 Å². The van der Waals surface area contributed by atoms with Gasteiger partial charge in [0.15, 0.2) is 63.5 Å². The highest BCUT2D eigenvalue weighted by Crippen LogP contribution is 2.50. The van der Waals surface area contributed by atoms with Gasteiger partial charge in [-0.2, -0.15) is 0 Å². The number of allylic oxidation sites excluding steroid dienone is 12. The summed E-state index contributed by atoms with van der Waals surface area (Å²) in [6.45, 7) is 52.9. The fourth-order valence-electron chi connectivity index (χ4n) is 14.4. The minimum atomic E-state index is -1.34. The molecule has 3 aromatic rings. The van der Waals surface area contributed by atoms with Crippen LogP contribution in [0.2, 0.25) is 0 Å². The Labute approximate surface area is 633 Å². The lowest BCUT2D eigenvalue weighted by molar-refractivity contribution is -0.227. The number of carbonyl (C=O) groups excluding carboxylic acids is 6. The van der Waals surface area contributed by atoms with Crippen LogP contribution in [0.3, 0.4) is 0 Å². The molecular formula is C87H109N3O17. The summed E-state index contributed by atoms with van der Waals surface area (Å²) in [5.41, 5.74) is -3.34. The maximum absolute atomic E-state index is 13.5. The van der Waals surface area contributed by atoms with Crippen molar-refractivity contribution >= 4 is 52.9 Å². The zero-order valence-electron chi connectivity index (χ0n) is 65.6. The van der Waals surface area contributed by atoms with Crippen LogP contribution in [0.1, 0.15) is 153 Å². The Hall–Kier alpha value is -9.43. The molecule has 0 spiro atoms. The molecule has 0 saturated carbocycles. The summed E-state index contributed by atoms with van der Waals surface area (Å²) in [4.78, 5) is 88.3. The van der Waals surface area contributed by atoms with Gasteiger partial charge in [-0.15, -0.1) is 0 Å². The van der Waals surface area contributed by atoms with Gasteiger partial charge in [0.25, 0.3) is 0 Å². The highest BCUT2D eigenvalue weighted by molar-refractivity contribution is 6.04. The Balaban J connectivity index is 0.000000287. The van der Waals surface area contributed by atoms with Crippen molar-refractivity contribution in [3.8, 4) is 28.7 Å². The number of ether oxygens (including phenoxy) is 10. The SMILES string of the molecule is C.[C-]#[N+]C1=C[C@](C)(/C=C/C(=O)C(C)(C)C(/C=C/c2ccc(C)c(OC)c2)(OC)OC)CC(C)(C)C1=O.[C-]#[N+]C1=C[C@](C)(/C=C/C(=O)C(C)(C)C2(/C=C/c3ccc(O)c(OC)c3)OCCO2)CC(C)(C)C1=O.[C-]#[N+]C1=C[C@](C)(/C=C/C(=O)C(C)(C)C2(/C=C/c3ccc(OC)c(OC)c3)OCCO2)CC(C)(C)C1=O. The fourth-order valence-corrected chi connectivity index (χ4v) is 14.4. The van der Waals surface area contributed by atoms with Gasteiger partial charge in [0.05, 0.1) is 90.8 Å². The van der Waals surface area contributed by atoms with Gasteiger partial charge in [0.1, 0.15) is 5.75 Å². The molecule has 20 heteroatoms. The second-order valence-corrected chi connectivity index (χ2v) is 31.7. The highest BCUT2D eigenvalue weighted by atomic mass is 16.7. The molecule has 107 heavy (non-hydrogen) atoms. The average Bonchev–Trinajstić information content (AvgIpc) is 1.24. The number of rotatable bonds is 24. The van der Waals surface area contributed by atoms with Crippen LogP contribution in [0.4, 0.5) is 0 Å². The second-order valence-electron chi connectivity index (χ2n) is 31.7. The number of hydrogen-bond donors (Lipinski definition) is 1.